The van der Waals surface area contributed by atoms with Gasteiger partial charge in [0.05, 0.1) is 7.11 Å². The molecule has 1 saturated heterocycles. The van der Waals surface area contributed by atoms with Gasteiger partial charge in [0.1, 0.15) is 5.54 Å². The summed E-state index contributed by atoms with van der Waals surface area (Å²) in [5.41, 5.74) is 0.763. The molecule has 90 valence electrons. The van der Waals surface area contributed by atoms with Crippen LogP contribution in [-0.2, 0) is 14.3 Å². The van der Waals surface area contributed by atoms with E-state index in [0.717, 1.165) is 18.7 Å². The first-order valence-electron chi connectivity index (χ1n) is 5.18. The number of esters is 1. The third-order valence-electron chi connectivity index (χ3n) is 2.67. The monoisotopic (exact) mass is 226 g/mol. The van der Waals surface area contributed by atoms with Crippen molar-refractivity contribution in [2.24, 2.45) is 0 Å². The molecule has 0 unspecified atom stereocenters. The summed E-state index contributed by atoms with van der Waals surface area (Å²) in [5.74, 6) is -0.669. The maximum atomic E-state index is 11.8. The minimum atomic E-state index is -0.995. The molecule has 16 heavy (non-hydrogen) atoms. The Bertz CT molecular complexity index is 339. The Morgan fingerprint density at radius 2 is 1.94 bits per heavy atom. The molecule has 0 aromatic heterocycles. The van der Waals surface area contributed by atoms with Gasteiger partial charge in [-0.1, -0.05) is 0 Å². The number of ether oxygens (including phenoxy) is 1. The summed E-state index contributed by atoms with van der Waals surface area (Å²) in [6.45, 7) is 6.50. The Morgan fingerprint density at radius 1 is 1.38 bits per heavy atom. The van der Waals surface area contributed by atoms with Crippen molar-refractivity contribution in [1.29, 1.82) is 0 Å². The van der Waals surface area contributed by atoms with E-state index in [1.54, 1.807) is 20.8 Å². The van der Waals surface area contributed by atoms with Crippen LogP contribution in [0.25, 0.3) is 0 Å². The van der Waals surface area contributed by atoms with Crippen LogP contribution in [0.2, 0.25) is 0 Å². The molecule has 5 heteroatoms. The Morgan fingerprint density at radius 3 is 2.31 bits per heavy atom. The zero-order valence-corrected chi connectivity index (χ0v) is 10.1. The van der Waals surface area contributed by atoms with Gasteiger partial charge >= 0.3 is 5.97 Å². The lowest BCUT2D eigenvalue weighted by atomic mass is 10.0. The number of hydrogen-bond donors (Lipinski definition) is 2. The molecule has 0 aliphatic carbocycles. The van der Waals surface area contributed by atoms with Crippen molar-refractivity contribution in [2.75, 3.05) is 20.2 Å². The van der Waals surface area contributed by atoms with Crippen LogP contribution in [0.4, 0.5) is 0 Å². The van der Waals surface area contributed by atoms with Gasteiger partial charge in [-0.05, 0) is 26.3 Å². The van der Waals surface area contributed by atoms with Gasteiger partial charge in [0.2, 0.25) is 5.91 Å². The van der Waals surface area contributed by atoms with E-state index in [4.69, 9.17) is 0 Å². The molecule has 0 aromatic rings. The summed E-state index contributed by atoms with van der Waals surface area (Å²) >= 11 is 0. The zero-order valence-electron chi connectivity index (χ0n) is 10.1. The number of amides is 1. The first kappa shape index (κ1) is 12.7. The second kappa shape index (κ2) is 4.65. The first-order chi connectivity index (χ1) is 7.38. The summed E-state index contributed by atoms with van der Waals surface area (Å²) in [6, 6.07) is 0. The smallest absolute Gasteiger partial charge is 0.330 e. The Balaban J connectivity index is 2.67. The lowest BCUT2D eigenvalue weighted by molar-refractivity contribution is -0.148. The van der Waals surface area contributed by atoms with Crippen LogP contribution >= 0.6 is 0 Å². The molecule has 0 saturated carbocycles. The predicted molar refractivity (Wildman–Crippen MR) is 59.8 cm³/mol. The molecule has 0 aromatic carbocycles. The molecule has 1 rings (SSSR count). The Hall–Kier alpha value is -1.36. The highest BCUT2D eigenvalue weighted by atomic mass is 16.5. The van der Waals surface area contributed by atoms with E-state index >= 15 is 0 Å². The van der Waals surface area contributed by atoms with Crippen LogP contribution in [0.3, 0.4) is 0 Å². The van der Waals surface area contributed by atoms with Crippen LogP contribution in [-0.4, -0.2) is 37.6 Å². The fourth-order valence-electron chi connectivity index (χ4n) is 1.36. The lowest BCUT2D eigenvalue weighted by Gasteiger charge is -2.26. The average Bonchev–Trinajstić information content (AvgIpc) is 2.12. The highest BCUT2D eigenvalue weighted by Gasteiger charge is 2.31. The summed E-state index contributed by atoms with van der Waals surface area (Å²) in [7, 11) is 1.30. The Kier molecular flexibility index (Phi) is 3.70. The molecule has 1 aliphatic rings. The molecule has 0 spiro atoms. The standard InChI is InChI=1S/C11H18N2O3/c1-7(8-5-12-6-8)9(14)13-11(2,3)10(15)16-4/h12H,5-6H2,1-4H3,(H,13,14). The Labute approximate surface area is 95.2 Å². The van der Waals surface area contributed by atoms with Crippen LogP contribution in [0, 0.1) is 0 Å². The molecule has 1 fully saturated rings. The molecule has 1 amide bonds. The number of nitrogens with one attached hydrogen (secondary N) is 2. The summed E-state index contributed by atoms with van der Waals surface area (Å²) in [4.78, 5) is 23.2. The van der Waals surface area contributed by atoms with Gasteiger partial charge in [0.25, 0.3) is 0 Å². The van der Waals surface area contributed by atoms with Gasteiger partial charge in [-0.25, -0.2) is 4.79 Å². The minimum absolute atomic E-state index is 0.216. The highest BCUT2D eigenvalue weighted by molar-refractivity contribution is 5.97. The largest absolute Gasteiger partial charge is 0.467 e. The first-order valence-corrected chi connectivity index (χ1v) is 5.18. The molecule has 0 bridgehead atoms. The second-order valence-corrected chi connectivity index (χ2v) is 4.40. The van der Waals surface area contributed by atoms with E-state index in [2.05, 4.69) is 15.4 Å². The highest BCUT2D eigenvalue weighted by Crippen LogP contribution is 2.11. The van der Waals surface area contributed by atoms with E-state index < -0.39 is 11.5 Å². The van der Waals surface area contributed by atoms with Crippen molar-refractivity contribution in [2.45, 2.75) is 26.3 Å². The molecule has 1 aliphatic heterocycles. The molecule has 0 radical (unpaired) electrons. The number of rotatable bonds is 3. The van der Waals surface area contributed by atoms with Gasteiger partial charge in [-0.3, -0.25) is 4.79 Å². The topological polar surface area (TPSA) is 67.4 Å². The van der Waals surface area contributed by atoms with Gasteiger partial charge in [-0.2, -0.15) is 0 Å². The second-order valence-electron chi connectivity index (χ2n) is 4.40. The van der Waals surface area contributed by atoms with Gasteiger partial charge in [0.15, 0.2) is 0 Å². The molecular formula is C11H18N2O3. The lowest BCUT2D eigenvalue weighted by Crippen LogP contribution is -2.51. The van der Waals surface area contributed by atoms with Crippen molar-refractivity contribution < 1.29 is 14.3 Å². The van der Waals surface area contributed by atoms with Crippen LogP contribution in [0.1, 0.15) is 20.8 Å². The van der Waals surface area contributed by atoms with Crippen molar-refractivity contribution in [3.63, 3.8) is 0 Å². The third-order valence-corrected chi connectivity index (χ3v) is 2.67. The van der Waals surface area contributed by atoms with E-state index in [1.165, 1.54) is 7.11 Å². The van der Waals surface area contributed by atoms with E-state index in [1.807, 2.05) is 0 Å². The van der Waals surface area contributed by atoms with Gasteiger partial charge in [0, 0.05) is 18.7 Å². The maximum absolute atomic E-state index is 11.8. The van der Waals surface area contributed by atoms with Crippen LogP contribution < -0.4 is 10.6 Å². The normalized spacial score (nSPS) is 15.1. The molecule has 0 atom stereocenters. The minimum Gasteiger partial charge on any atom is -0.467 e. The van der Waals surface area contributed by atoms with Crippen LogP contribution in [0.15, 0.2) is 11.1 Å². The van der Waals surface area contributed by atoms with Gasteiger partial charge in [-0.15, -0.1) is 0 Å². The molecule has 1 heterocycles. The van der Waals surface area contributed by atoms with E-state index in [-0.39, 0.29) is 5.91 Å². The average molecular weight is 226 g/mol. The van der Waals surface area contributed by atoms with Crippen molar-refractivity contribution in [3.8, 4) is 0 Å². The predicted octanol–water partition coefficient (Wildman–Crippen LogP) is -0.0261. The zero-order chi connectivity index (χ0) is 12.3. The van der Waals surface area contributed by atoms with E-state index in [9.17, 15) is 9.59 Å². The number of hydrogen-bond acceptors (Lipinski definition) is 4. The van der Waals surface area contributed by atoms with Crippen molar-refractivity contribution in [3.05, 3.63) is 11.1 Å². The van der Waals surface area contributed by atoms with Gasteiger partial charge < -0.3 is 15.4 Å². The third kappa shape index (κ3) is 2.61. The number of carbonyl (C=O) groups excluding carboxylic acids is 2. The SMILES string of the molecule is COC(=O)C(C)(C)NC(=O)C(C)=C1CNC1. The van der Waals surface area contributed by atoms with Crippen molar-refractivity contribution in [1.82, 2.24) is 10.6 Å². The molecule has 5 nitrogen and oxygen atoms in total. The van der Waals surface area contributed by atoms with E-state index in [0.29, 0.717) is 5.57 Å². The fraction of sp³-hybridized carbons (Fsp3) is 0.636. The van der Waals surface area contributed by atoms with Crippen molar-refractivity contribution >= 4 is 11.9 Å². The number of carbonyl (C=O) groups is 2. The molecule has 2 N–H and O–H groups in total. The summed E-state index contributed by atoms with van der Waals surface area (Å²) in [6.07, 6.45) is 0. The maximum Gasteiger partial charge on any atom is 0.330 e. The quantitative estimate of drug-likeness (QED) is 0.524. The number of methoxy groups -OCH3 is 1. The van der Waals surface area contributed by atoms with Crippen LogP contribution in [0.5, 0.6) is 0 Å². The molecular weight excluding hydrogens is 208 g/mol. The summed E-state index contributed by atoms with van der Waals surface area (Å²) in [5, 5.41) is 5.72. The fourth-order valence-corrected chi connectivity index (χ4v) is 1.36. The summed E-state index contributed by atoms with van der Waals surface area (Å²) < 4.78 is 4.61.